The lowest BCUT2D eigenvalue weighted by Gasteiger charge is -2.13. The molecule has 0 saturated heterocycles. The first-order chi connectivity index (χ1) is 9.60. The summed E-state index contributed by atoms with van der Waals surface area (Å²) >= 11 is 0. The number of aliphatic hydroxyl groups is 1. The second-order valence-corrected chi connectivity index (χ2v) is 4.63. The van der Waals surface area contributed by atoms with Gasteiger partial charge in [-0.05, 0) is 34.9 Å². The van der Waals surface area contributed by atoms with Crippen molar-refractivity contribution in [3.8, 4) is 0 Å². The van der Waals surface area contributed by atoms with E-state index in [1.807, 2.05) is 6.07 Å². The van der Waals surface area contributed by atoms with E-state index in [2.05, 4.69) is 0 Å². The van der Waals surface area contributed by atoms with Crippen LogP contribution in [0, 0.1) is 11.6 Å². The third kappa shape index (κ3) is 3.62. The Labute approximate surface area is 116 Å². The zero-order chi connectivity index (χ0) is 14.5. The molecule has 0 bridgehead atoms. The van der Waals surface area contributed by atoms with Crippen LogP contribution in [-0.4, -0.2) is 12.2 Å². The molecule has 2 aromatic carbocycles. The van der Waals surface area contributed by atoms with E-state index in [9.17, 15) is 13.9 Å². The number of hydrogen-bond donors (Lipinski definition) is 1. The lowest BCUT2D eigenvalue weighted by Crippen LogP contribution is -2.05. The van der Waals surface area contributed by atoms with Crippen molar-refractivity contribution >= 4 is 0 Å². The van der Waals surface area contributed by atoms with Gasteiger partial charge in [0.05, 0.1) is 12.7 Å². The number of benzene rings is 2. The molecule has 0 heterocycles. The molecule has 20 heavy (non-hydrogen) atoms. The Hall–Kier alpha value is -1.78. The molecule has 0 fully saturated rings. The summed E-state index contributed by atoms with van der Waals surface area (Å²) in [4.78, 5) is 0. The summed E-state index contributed by atoms with van der Waals surface area (Å²) in [5.41, 5.74) is 1.74. The van der Waals surface area contributed by atoms with Crippen LogP contribution in [-0.2, 0) is 17.8 Å². The van der Waals surface area contributed by atoms with Crippen molar-refractivity contribution in [2.24, 2.45) is 0 Å². The SMILES string of the molecule is COCc1cccc(C(O)Cc2cc(F)ccc2F)c1. The molecule has 1 N–H and O–H groups in total. The van der Waals surface area contributed by atoms with Gasteiger partial charge in [0, 0.05) is 13.5 Å². The van der Waals surface area contributed by atoms with Gasteiger partial charge < -0.3 is 9.84 Å². The second-order valence-electron chi connectivity index (χ2n) is 4.63. The van der Waals surface area contributed by atoms with Crippen LogP contribution in [0.25, 0.3) is 0 Å². The Kier molecular flexibility index (Phi) is 4.82. The molecule has 4 heteroatoms. The van der Waals surface area contributed by atoms with Gasteiger partial charge in [-0.3, -0.25) is 0 Å². The molecular formula is C16H16F2O2. The third-order valence-corrected chi connectivity index (χ3v) is 3.07. The van der Waals surface area contributed by atoms with E-state index in [0.29, 0.717) is 12.2 Å². The molecule has 0 saturated carbocycles. The highest BCUT2D eigenvalue weighted by Gasteiger charge is 2.13. The van der Waals surface area contributed by atoms with E-state index < -0.39 is 17.7 Å². The third-order valence-electron chi connectivity index (χ3n) is 3.07. The largest absolute Gasteiger partial charge is 0.388 e. The van der Waals surface area contributed by atoms with Crippen molar-refractivity contribution < 1.29 is 18.6 Å². The fourth-order valence-corrected chi connectivity index (χ4v) is 2.08. The van der Waals surface area contributed by atoms with E-state index in [4.69, 9.17) is 4.74 Å². The molecule has 0 aromatic heterocycles. The van der Waals surface area contributed by atoms with Crippen LogP contribution in [0.2, 0.25) is 0 Å². The van der Waals surface area contributed by atoms with Crippen molar-refractivity contribution in [1.82, 2.24) is 0 Å². The lowest BCUT2D eigenvalue weighted by molar-refractivity contribution is 0.174. The molecular weight excluding hydrogens is 262 g/mol. The first-order valence-electron chi connectivity index (χ1n) is 6.30. The molecule has 0 amide bonds. The van der Waals surface area contributed by atoms with Crippen LogP contribution in [0.15, 0.2) is 42.5 Å². The Balaban J connectivity index is 2.17. The number of halogens is 2. The summed E-state index contributed by atoms with van der Waals surface area (Å²) in [6.45, 7) is 0.439. The average Bonchev–Trinajstić information content (AvgIpc) is 2.43. The molecule has 2 nitrogen and oxygen atoms in total. The summed E-state index contributed by atoms with van der Waals surface area (Å²) < 4.78 is 31.7. The van der Waals surface area contributed by atoms with Crippen molar-refractivity contribution in [1.29, 1.82) is 0 Å². The van der Waals surface area contributed by atoms with E-state index in [1.165, 1.54) is 0 Å². The van der Waals surface area contributed by atoms with Crippen LogP contribution >= 0.6 is 0 Å². The summed E-state index contributed by atoms with van der Waals surface area (Å²) in [7, 11) is 1.59. The van der Waals surface area contributed by atoms with Gasteiger partial charge in [0.1, 0.15) is 11.6 Å². The molecule has 2 aromatic rings. The molecule has 0 aliphatic heterocycles. The molecule has 0 aliphatic carbocycles. The average molecular weight is 278 g/mol. The standard InChI is InChI=1S/C16H16F2O2/c1-20-10-11-3-2-4-12(7-11)16(19)9-13-8-14(17)5-6-15(13)18/h2-8,16,19H,9-10H2,1H3. The van der Waals surface area contributed by atoms with E-state index in [-0.39, 0.29) is 12.0 Å². The van der Waals surface area contributed by atoms with Gasteiger partial charge in [-0.2, -0.15) is 0 Å². The minimum absolute atomic E-state index is 0.0278. The van der Waals surface area contributed by atoms with Gasteiger partial charge in [-0.15, -0.1) is 0 Å². The maximum atomic E-state index is 13.5. The molecule has 0 aliphatic rings. The minimum Gasteiger partial charge on any atom is -0.388 e. The van der Waals surface area contributed by atoms with Crippen LogP contribution in [0.3, 0.4) is 0 Å². The first kappa shape index (κ1) is 14.6. The summed E-state index contributed by atoms with van der Waals surface area (Å²) in [6.07, 6.45) is -0.858. The predicted octanol–water partition coefficient (Wildman–Crippen LogP) is 3.39. The molecule has 2 rings (SSSR count). The van der Waals surface area contributed by atoms with Gasteiger partial charge in [-0.1, -0.05) is 24.3 Å². The van der Waals surface area contributed by atoms with Gasteiger partial charge in [0.25, 0.3) is 0 Å². The number of aliphatic hydroxyl groups excluding tert-OH is 1. The van der Waals surface area contributed by atoms with Gasteiger partial charge in [-0.25, -0.2) is 8.78 Å². The van der Waals surface area contributed by atoms with Crippen molar-refractivity contribution in [2.45, 2.75) is 19.1 Å². The van der Waals surface area contributed by atoms with Crippen LogP contribution in [0.1, 0.15) is 22.8 Å². The Morgan fingerprint density at radius 2 is 1.95 bits per heavy atom. The molecule has 0 radical (unpaired) electrons. The van der Waals surface area contributed by atoms with Gasteiger partial charge >= 0.3 is 0 Å². The first-order valence-corrected chi connectivity index (χ1v) is 6.30. The summed E-state index contributed by atoms with van der Waals surface area (Å²) in [5.74, 6) is -1.03. The van der Waals surface area contributed by atoms with E-state index in [1.54, 1.807) is 25.3 Å². The zero-order valence-corrected chi connectivity index (χ0v) is 11.1. The highest BCUT2D eigenvalue weighted by Crippen LogP contribution is 2.21. The second kappa shape index (κ2) is 6.59. The molecule has 0 spiro atoms. The summed E-state index contributed by atoms with van der Waals surface area (Å²) in [5, 5.41) is 10.2. The number of hydrogen-bond acceptors (Lipinski definition) is 2. The Bertz CT molecular complexity index is 584. The topological polar surface area (TPSA) is 29.5 Å². The zero-order valence-electron chi connectivity index (χ0n) is 11.1. The van der Waals surface area contributed by atoms with Crippen molar-refractivity contribution in [2.75, 3.05) is 7.11 Å². The smallest absolute Gasteiger partial charge is 0.126 e. The predicted molar refractivity (Wildman–Crippen MR) is 72.2 cm³/mol. The fraction of sp³-hybridized carbons (Fsp3) is 0.250. The Morgan fingerprint density at radius 1 is 1.15 bits per heavy atom. The fourth-order valence-electron chi connectivity index (χ4n) is 2.08. The minimum atomic E-state index is -0.886. The quantitative estimate of drug-likeness (QED) is 0.908. The molecule has 106 valence electrons. The number of methoxy groups -OCH3 is 1. The lowest BCUT2D eigenvalue weighted by atomic mass is 9.99. The maximum Gasteiger partial charge on any atom is 0.126 e. The van der Waals surface area contributed by atoms with Crippen LogP contribution < -0.4 is 0 Å². The van der Waals surface area contributed by atoms with E-state index >= 15 is 0 Å². The highest BCUT2D eigenvalue weighted by atomic mass is 19.1. The van der Waals surface area contributed by atoms with E-state index in [0.717, 1.165) is 23.8 Å². The molecule has 1 atom stereocenters. The van der Waals surface area contributed by atoms with Gasteiger partial charge in [0.15, 0.2) is 0 Å². The van der Waals surface area contributed by atoms with Crippen LogP contribution in [0.5, 0.6) is 0 Å². The Morgan fingerprint density at radius 3 is 2.70 bits per heavy atom. The summed E-state index contributed by atoms with van der Waals surface area (Å²) in [6, 6.07) is 10.5. The van der Waals surface area contributed by atoms with Crippen LogP contribution in [0.4, 0.5) is 8.78 Å². The number of ether oxygens (including phenoxy) is 1. The van der Waals surface area contributed by atoms with Gasteiger partial charge in [0.2, 0.25) is 0 Å². The normalized spacial score (nSPS) is 12.4. The maximum absolute atomic E-state index is 13.5. The highest BCUT2D eigenvalue weighted by molar-refractivity contribution is 5.27. The van der Waals surface area contributed by atoms with Crippen molar-refractivity contribution in [3.63, 3.8) is 0 Å². The monoisotopic (exact) mass is 278 g/mol. The molecule has 1 unspecified atom stereocenters. The van der Waals surface area contributed by atoms with Crippen molar-refractivity contribution in [3.05, 3.63) is 70.8 Å². The number of rotatable bonds is 5.